The van der Waals surface area contributed by atoms with Gasteiger partial charge in [-0.05, 0) is 11.6 Å². The van der Waals surface area contributed by atoms with E-state index in [2.05, 4.69) is 4.98 Å². The standard InChI is InChI=1S/C16H20N2O2/c1-16(2,3)15(20)18(4)10-11-9-14(19)17-13-8-6-5-7-12(11)13/h5-9H,10H2,1-4H3,(H,17,19). The van der Waals surface area contributed by atoms with E-state index in [0.717, 1.165) is 16.5 Å². The maximum absolute atomic E-state index is 12.2. The summed E-state index contributed by atoms with van der Waals surface area (Å²) in [4.78, 5) is 28.4. The molecule has 1 amide bonds. The molecular weight excluding hydrogens is 252 g/mol. The minimum Gasteiger partial charge on any atom is -0.341 e. The maximum Gasteiger partial charge on any atom is 0.248 e. The van der Waals surface area contributed by atoms with Crippen molar-refractivity contribution in [1.29, 1.82) is 0 Å². The summed E-state index contributed by atoms with van der Waals surface area (Å²) in [5.41, 5.74) is 1.09. The third-order valence-electron chi connectivity index (χ3n) is 3.23. The zero-order valence-corrected chi connectivity index (χ0v) is 12.4. The van der Waals surface area contributed by atoms with Crippen molar-refractivity contribution in [3.05, 3.63) is 46.2 Å². The largest absolute Gasteiger partial charge is 0.341 e. The topological polar surface area (TPSA) is 53.2 Å². The fourth-order valence-electron chi connectivity index (χ4n) is 2.31. The van der Waals surface area contributed by atoms with Crippen LogP contribution in [0.4, 0.5) is 0 Å². The van der Waals surface area contributed by atoms with Gasteiger partial charge in [0, 0.05) is 36.0 Å². The predicted octanol–water partition coefficient (Wildman–Crippen LogP) is 2.53. The molecule has 0 spiro atoms. The summed E-state index contributed by atoms with van der Waals surface area (Å²) < 4.78 is 0. The minimum absolute atomic E-state index is 0.0573. The van der Waals surface area contributed by atoms with Crippen molar-refractivity contribution in [2.24, 2.45) is 5.41 Å². The lowest BCUT2D eigenvalue weighted by molar-refractivity contribution is -0.138. The van der Waals surface area contributed by atoms with Gasteiger partial charge < -0.3 is 9.88 Å². The van der Waals surface area contributed by atoms with Gasteiger partial charge in [-0.1, -0.05) is 39.0 Å². The van der Waals surface area contributed by atoms with Crippen molar-refractivity contribution >= 4 is 16.8 Å². The molecule has 0 bridgehead atoms. The van der Waals surface area contributed by atoms with Gasteiger partial charge in [0.2, 0.25) is 11.5 Å². The highest BCUT2D eigenvalue weighted by atomic mass is 16.2. The SMILES string of the molecule is CN(Cc1cc(=O)[nH]c2ccccc12)C(=O)C(C)(C)C. The Morgan fingerprint density at radius 3 is 2.55 bits per heavy atom. The summed E-state index contributed by atoms with van der Waals surface area (Å²) in [5.74, 6) is 0.0573. The zero-order valence-electron chi connectivity index (χ0n) is 12.4. The Hall–Kier alpha value is -2.10. The summed E-state index contributed by atoms with van der Waals surface area (Å²) in [5, 5.41) is 0.973. The van der Waals surface area contributed by atoms with Crippen LogP contribution in [-0.4, -0.2) is 22.8 Å². The molecule has 0 atom stereocenters. The molecule has 2 aromatic rings. The fraction of sp³-hybridized carbons (Fsp3) is 0.375. The van der Waals surface area contributed by atoms with E-state index in [1.54, 1.807) is 18.0 Å². The van der Waals surface area contributed by atoms with E-state index >= 15 is 0 Å². The number of fused-ring (bicyclic) bond motifs is 1. The van der Waals surface area contributed by atoms with Crippen molar-refractivity contribution < 1.29 is 4.79 Å². The quantitative estimate of drug-likeness (QED) is 0.913. The van der Waals surface area contributed by atoms with Crippen molar-refractivity contribution in [1.82, 2.24) is 9.88 Å². The Morgan fingerprint density at radius 2 is 1.90 bits per heavy atom. The average Bonchev–Trinajstić information content (AvgIpc) is 2.36. The zero-order chi connectivity index (χ0) is 14.9. The summed E-state index contributed by atoms with van der Waals surface area (Å²) >= 11 is 0. The smallest absolute Gasteiger partial charge is 0.248 e. The summed E-state index contributed by atoms with van der Waals surface area (Å²) in [6, 6.07) is 9.19. The first kappa shape index (κ1) is 14.3. The molecule has 1 heterocycles. The van der Waals surface area contributed by atoms with Crippen molar-refractivity contribution in [3.8, 4) is 0 Å². The first-order valence-corrected chi connectivity index (χ1v) is 6.65. The van der Waals surface area contributed by atoms with E-state index in [1.165, 1.54) is 0 Å². The molecule has 0 aliphatic carbocycles. The lowest BCUT2D eigenvalue weighted by Gasteiger charge is -2.26. The van der Waals surface area contributed by atoms with E-state index < -0.39 is 5.41 Å². The molecule has 1 aromatic carbocycles. The molecular formula is C16H20N2O2. The number of rotatable bonds is 2. The van der Waals surface area contributed by atoms with Crippen molar-refractivity contribution in [3.63, 3.8) is 0 Å². The minimum atomic E-state index is -0.425. The van der Waals surface area contributed by atoms with E-state index in [0.29, 0.717) is 6.54 Å². The number of hydrogen-bond acceptors (Lipinski definition) is 2. The number of nitrogens with zero attached hydrogens (tertiary/aromatic N) is 1. The van der Waals surface area contributed by atoms with Crippen LogP contribution in [0.1, 0.15) is 26.3 Å². The van der Waals surface area contributed by atoms with Gasteiger partial charge in [0.25, 0.3) is 0 Å². The molecule has 0 unspecified atom stereocenters. The van der Waals surface area contributed by atoms with Crippen LogP contribution >= 0.6 is 0 Å². The number of amides is 1. The number of aromatic amines is 1. The second kappa shape index (κ2) is 5.12. The van der Waals surface area contributed by atoms with Crippen LogP contribution in [0.3, 0.4) is 0 Å². The van der Waals surface area contributed by atoms with Gasteiger partial charge in [0.05, 0.1) is 0 Å². The number of para-hydroxylation sites is 1. The number of carbonyl (C=O) groups is 1. The third kappa shape index (κ3) is 2.90. The van der Waals surface area contributed by atoms with Gasteiger partial charge >= 0.3 is 0 Å². The average molecular weight is 272 g/mol. The highest BCUT2D eigenvalue weighted by molar-refractivity contribution is 5.84. The fourth-order valence-corrected chi connectivity index (χ4v) is 2.31. The van der Waals surface area contributed by atoms with Crippen LogP contribution in [0.2, 0.25) is 0 Å². The van der Waals surface area contributed by atoms with Gasteiger partial charge in [-0.25, -0.2) is 0 Å². The number of nitrogens with one attached hydrogen (secondary N) is 1. The van der Waals surface area contributed by atoms with E-state index in [-0.39, 0.29) is 11.5 Å². The molecule has 1 aromatic heterocycles. The van der Waals surface area contributed by atoms with Crippen LogP contribution in [0, 0.1) is 5.41 Å². The monoisotopic (exact) mass is 272 g/mol. The molecule has 2 rings (SSSR count). The van der Waals surface area contributed by atoms with E-state index in [1.807, 2.05) is 45.0 Å². The Labute approximate surface area is 118 Å². The van der Waals surface area contributed by atoms with E-state index in [4.69, 9.17) is 0 Å². The molecule has 0 radical (unpaired) electrons. The highest BCUT2D eigenvalue weighted by Gasteiger charge is 2.25. The number of benzene rings is 1. The molecule has 0 aliphatic heterocycles. The highest BCUT2D eigenvalue weighted by Crippen LogP contribution is 2.20. The normalized spacial score (nSPS) is 11.6. The van der Waals surface area contributed by atoms with Gasteiger partial charge in [-0.2, -0.15) is 0 Å². The Morgan fingerprint density at radius 1 is 1.25 bits per heavy atom. The number of hydrogen-bond donors (Lipinski definition) is 1. The Balaban J connectivity index is 2.39. The number of H-pyrrole nitrogens is 1. The number of carbonyl (C=O) groups excluding carboxylic acids is 1. The summed E-state index contributed by atoms with van der Waals surface area (Å²) in [6.07, 6.45) is 0. The number of aromatic nitrogens is 1. The molecule has 106 valence electrons. The molecule has 1 N–H and O–H groups in total. The van der Waals surface area contributed by atoms with Gasteiger partial charge in [-0.15, -0.1) is 0 Å². The first-order chi connectivity index (χ1) is 9.29. The van der Waals surface area contributed by atoms with Crippen LogP contribution in [-0.2, 0) is 11.3 Å². The van der Waals surface area contributed by atoms with Crippen LogP contribution < -0.4 is 5.56 Å². The predicted molar refractivity (Wildman–Crippen MR) is 80.5 cm³/mol. The lowest BCUT2D eigenvalue weighted by Crippen LogP contribution is -2.36. The summed E-state index contributed by atoms with van der Waals surface area (Å²) in [6.45, 7) is 6.10. The molecule has 0 fully saturated rings. The molecule has 0 aliphatic rings. The van der Waals surface area contributed by atoms with E-state index in [9.17, 15) is 9.59 Å². The number of pyridine rings is 1. The second-order valence-corrected chi connectivity index (χ2v) is 6.12. The molecule has 20 heavy (non-hydrogen) atoms. The van der Waals surface area contributed by atoms with Crippen LogP contribution in [0.15, 0.2) is 35.1 Å². The van der Waals surface area contributed by atoms with Crippen LogP contribution in [0.5, 0.6) is 0 Å². The first-order valence-electron chi connectivity index (χ1n) is 6.65. The van der Waals surface area contributed by atoms with Crippen molar-refractivity contribution in [2.75, 3.05) is 7.05 Å². The van der Waals surface area contributed by atoms with Gasteiger partial charge in [0.15, 0.2) is 0 Å². The van der Waals surface area contributed by atoms with Crippen molar-refractivity contribution in [2.45, 2.75) is 27.3 Å². The third-order valence-corrected chi connectivity index (χ3v) is 3.23. The van der Waals surface area contributed by atoms with Crippen LogP contribution in [0.25, 0.3) is 10.9 Å². The Bertz CT molecular complexity index is 695. The molecule has 0 saturated heterocycles. The second-order valence-electron chi connectivity index (χ2n) is 6.12. The molecule has 4 heteroatoms. The van der Waals surface area contributed by atoms with Gasteiger partial charge in [-0.3, -0.25) is 9.59 Å². The lowest BCUT2D eigenvalue weighted by atomic mass is 9.94. The maximum atomic E-state index is 12.2. The Kier molecular flexibility index (Phi) is 3.66. The molecule has 0 saturated carbocycles. The van der Waals surface area contributed by atoms with Gasteiger partial charge in [0.1, 0.15) is 0 Å². The molecule has 4 nitrogen and oxygen atoms in total. The summed E-state index contributed by atoms with van der Waals surface area (Å²) in [7, 11) is 1.77.